The fraction of sp³-hybridized carbons (Fsp3) is 0.917. The van der Waals surface area contributed by atoms with Crippen LogP contribution in [0, 0.1) is 5.92 Å². The molecule has 0 saturated carbocycles. The third kappa shape index (κ3) is 3.30. The van der Waals surface area contributed by atoms with Gasteiger partial charge in [-0.05, 0) is 19.4 Å². The molecule has 0 aliphatic carbocycles. The van der Waals surface area contributed by atoms with Gasteiger partial charge < -0.3 is 10.2 Å². The van der Waals surface area contributed by atoms with E-state index < -0.39 is 10.2 Å². The second-order valence-electron chi connectivity index (χ2n) is 5.56. The Labute approximate surface area is 121 Å². The summed E-state index contributed by atoms with van der Waals surface area (Å²) in [6.45, 7) is 3.47. The summed E-state index contributed by atoms with van der Waals surface area (Å²) in [5.74, 6) is 0.222. The molecule has 1 atom stereocenters. The highest BCUT2D eigenvalue weighted by atomic mass is 32.2. The molecule has 0 aromatic heterocycles. The van der Waals surface area contributed by atoms with Crippen LogP contribution in [0.15, 0.2) is 0 Å². The lowest BCUT2D eigenvalue weighted by atomic mass is 9.98. The van der Waals surface area contributed by atoms with Gasteiger partial charge in [0.15, 0.2) is 0 Å². The van der Waals surface area contributed by atoms with Crippen LogP contribution >= 0.6 is 0 Å². The molecule has 2 fully saturated rings. The van der Waals surface area contributed by atoms with Gasteiger partial charge in [-0.25, -0.2) is 0 Å². The van der Waals surface area contributed by atoms with Crippen molar-refractivity contribution in [3.63, 3.8) is 0 Å². The van der Waals surface area contributed by atoms with Crippen LogP contribution in [0.25, 0.3) is 0 Å². The molecule has 1 amide bonds. The maximum Gasteiger partial charge on any atom is 0.281 e. The fourth-order valence-corrected chi connectivity index (χ4v) is 3.78. The molecule has 116 valence electrons. The molecule has 2 saturated heterocycles. The summed E-state index contributed by atoms with van der Waals surface area (Å²) in [5.41, 5.74) is 0. The van der Waals surface area contributed by atoms with Gasteiger partial charge in [-0.2, -0.15) is 17.0 Å². The minimum absolute atomic E-state index is 0.0563. The van der Waals surface area contributed by atoms with Gasteiger partial charge in [0, 0.05) is 46.8 Å². The number of piperidine rings is 1. The van der Waals surface area contributed by atoms with Crippen LogP contribution in [0.5, 0.6) is 0 Å². The largest absolute Gasteiger partial charge is 0.340 e. The lowest BCUT2D eigenvalue weighted by Gasteiger charge is -2.37. The second kappa shape index (κ2) is 6.38. The first-order valence-corrected chi connectivity index (χ1v) is 8.49. The molecule has 20 heavy (non-hydrogen) atoms. The van der Waals surface area contributed by atoms with E-state index in [1.165, 1.54) is 22.7 Å². The van der Waals surface area contributed by atoms with Crippen molar-refractivity contribution >= 4 is 16.1 Å². The van der Waals surface area contributed by atoms with Crippen LogP contribution in [0.4, 0.5) is 0 Å². The standard InChI is InChI=1S/C12H24N4O3S/c1-14(2)20(18,19)16-8-6-15(7-9-16)12(17)11-4-3-5-13-10-11/h11,13H,3-10H2,1-2H3/t11-/m0/s1. The highest BCUT2D eigenvalue weighted by molar-refractivity contribution is 7.86. The third-order valence-electron chi connectivity index (χ3n) is 3.98. The molecule has 0 aromatic rings. The first-order chi connectivity index (χ1) is 9.43. The smallest absolute Gasteiger partial charge is 0.281 e. The molecule has 2 rings (SSSR count). The Bertz CT molecular complexity index is 438. The Balaban J connectivity index is 1.89. The van der Waals surface area contributed by atoms with Gasteiger partial charge >= 0.3 is 0 Å². The number of carbonyl (C=O) groups excluding carboxylic acids is 1. The molecule has 2 aliphatic heterocycles. The molecular formula is C12H24N4O3S. The average Bonchev–Trinajstić information content (AvgIpc) is 2.47. The second-order valence-corrected chi connectivity index (χ2v) is 7.70. The van der Waals surface area contributed by atoms with E-state index in [0.29, 0.717) is 26.2 Å². The van der Waals surface area contributed by atoms with Gasteiger partial charge in [0.05, 0.1) is 5.92 Å². The summed E-state index contributed by atoms with van der Waals surface area (Å²) < 4.78 is 26.7. The summed E-state index contributed by atoms with van der Waals surface area (Å²) >= 11 is 0. The normalized spacial score (nSPS) is 25.9. The lowest BCUT2D eigenvalue weighted by Crippen LogP contribution is -2.55. The summed E-state index contributed by atoms with van der Waals surface area (Å²) in [4.78, 5) is 14.2. The maximum absolute atomic E-state index is 12.4. The zero-order valence-corrected chi connectivity index (χ0v) is 13.0. The molecule has 0 radical (unpaired) electrons. The minimum Gasteiger partial charge on any atom is -0.340 e. The number of piperazine rings is 1. The molecule has 0 spiro atoms. The van der Waals surface area contributed by atoms with E-state index in [1.807, 2.05) is 0 Å². The lowest BCUT2D eigenvalue weighted by molar-refractivity contribution is -0.137. The average molecular weight is 304 g/mol. The van der Waals surface area contributed by atoms with E-state index in [1.54, 1.807) is 4.90 Å². The number of nitrogens with one attached hydrogen (secondary N) is 1. The van der Waals surface area contributed by atoms with Crippen molar-refractivity contribution < 1.29 is 13.2 Å². The number of hydrogen-bond acceptors (Lipinski definition) is 4. The van der Waals surface area contributed by atoms with Crippen molar-refractivity contribution in [3.8, 4) is 0 Å². The number of amides is 1. The van der Waals surface area contributed by atoms with Crippen LogP contribution < -0.4 is 5.32 Å². The molecule has 2 aliphatic rings. The van der Waals surface area contributed by atoms with Crippen molar-refractivity contribution in [2.45, 2.75) is 12.8 Å². The van der Waals surface area contributed by atoms with Crippen molar-refractivity contribution in [2.75, 3.05) is 53.4 Å². The van der Waals surface area contributed by atoms with Gasteiger partial charge in [-0.3, -0.25) is 4.79 Å². The van der Waals surface area contributed by atoms with E-state index in [-0.39, 0.29) is 11.8 Å². The van der Waals surface area contributed by atoms with Gasteiger partial charge in [0.25, 0.3) is 10.2 Å². The predicted octanol–water partition coefficient (Wildman–Crippen LogP) is -1.06. The van der Waals surface area contributed by atoms with Gasteiger partial charge in [-0.15, -0.1) is 0 Å². The van der Waals surface area contributed by atoms with E-state index in [2.05, 4.69) is 5.32 Å². The summed E-state index contributed by atoms with van der Waals surface area (Å²) in [6, 6.07) is 0. The van der Waals surface area contributed by atoms with E-state index >= 15 is 0 Å². The number of rotatable bonds is 3. The first kappa shape index (κ1) is 15.7. The first-order valence-electron chi connectivity index (χ1n) is 7.10. The maximum atomic E-state index is 12.4. The molecule has 2 heterocycles. The predicted molar refractivity (Wildman–Crippen MR) is 76.4 cm³/mol. The van der Waals surface area contributed by atoms with Crippen molar-refractivity contribution in [2.24, 2.45) is 5.92 Å². The molecular weight excluding hydrogens is 280 g/mol. The summed E-state index contributed by atoms with van der Waals surface area (Å²) in [7, 11) is -0.301. The van der Waals surface area contributed by atoms with Crippen LogP contribution in [0.3, 0.4) is 0 Å². The van der Waals surface area contributed by atoms with E-state index in [4.69, 9.17) is 0 Å². The molecule has 0 bridgehead atoms. The zero-order valence-electron chi connectivity index (χ0n) is 12.2. The number of carbonyl (C=O) groups is 1. The molecule has 0 aromatic carbocycles. The Morgan fingerprint density at radius 2 is 1.85 bits per heavy atom. The Morgan fingerprint density at radius 1 is 1.20 bits per heavy atom. The summed E-state index contributed by atoms with van der Waals surface area (Å²) in [6.07, 6.45) is 1.97. The van der Waals surface area contributed by atoms with E-state index in [9.17, 15) is 13.2 Å². The monoisotopic (exact) mass is 304 g/mol. The molecule has 8 heteroatoms. The van der Waals surface area contributed by atoms with Gasteiger partial charge in [0.2, 0.25) is 5.91 Å². The van der Waals surface area contributed by atoms with Crippen molar-refractivity contribution in [1.29, 1.82) is 0 Å². The third-order valence-corrected chi connectivity index (χ3v) is 5.92. The van der Waals surface area contributed by atoms with Gasteiger partial charge in [-0.1, -0.05) is 0 Å². The van der Waals surface area contributed by atoms with Crippen LogP contribution in [-0.2, 0) is 15.0 Å². The highest BCUT2D eigenvalue weighted by Crippen LogP contribution is 2.16. The zero-order chi connectivity index (χ0) is 14.8. The molecule has 7 nitrogen and oxygen atoms in total. The SMILES string of the molecule is CN(C)S(=O)(=O)N1CCN(C(=O)[C@H]2CCCNC2)CC1. The Morgan fingerprint density at radius 3 is 2.35 bits per heavy atom. The van der Waals surface area contributed by atoms with Crippen molar-refractivity contribution in [3.05, 3.63) is 0 Å². The molecule has 0 unspecified atom stereocenters. The fourth-order valence-electron chi connectivity index (χ4n) is 2.69. The number of nitrogens with zero attached hydrogens (tertiary/aromatic N) is 3. The number of hydrogen-bond donors (Lipinski definition) is 1. The van der Waals surface area contributed by atoms with Crippen LogP contribution in [0.2, 0.25) is 0 Å². The van der Waals surface area contributed by atoms with Crippen LogP contribution in [0.1, 0.15) is 12.8 Å². The highest BCUT2D eigenvalue weighted by Gasteiger charge is 2.32. The van der Waals surface area contributed by atoms with Gasteiger partial charge in [0.1, 0.15) is 0 Å². The van der Waals surface area contributed by atoms with E-state index in [0.717, 1.165) is 25.9 Å². The quantitative estimate of drug-likeness (QED) is 0.721. The Hall–Kier alpha value is -0.700. The topological polar surface area (TPSA) is 73.0 Å². The molecule has 1 N–H and O–H groups in total. The van der Waals surface area contributed by atoms with Crippen molar-refractivity contribution in [1.82, 2.24) is 18.8 Å². The van der Waals surface area contributed by atoms with Crippen LogP contribution in [-0.4, -0.2) is 81.2 Å². The summed E-state index contributed by atoms with van der Waals surface area (Å²) in [5, 5.41) is 3.24. The minimum atomic E-state index is -3.36. The Kier molecular flexibility index (Phi) is 5.00.